The van der Waals surface area contributed by atoms with Gasteiger partial charge in [-0.3, -0.25) is 0 Å². The molecule has 0 unspecified atom stereocenters. The van der Waals surface area contributed by atoms with Crippen molar-refractivity contribution >= 4 is 11.3 Å². The third-order valence-electron chi connectivity index (χ3n) is 3.30. The van der Waals surface area contributed by atoms with Gasteiger partial charge in [0.05, 0.1) is 5.54 Å². The monoisotopic (exact) mass is 249 g/mol. The fraction of sp³-hybridized carbons (Fsp3) is 0.500. The van der Waals surface area contributed by atoms with Gasteiger partial charge in [0.25, 0.3) is 0 Å². The SMILES string of the molecule is NC1(c2nc(Cc3cccs3)no2)CCCC1. The molecule has 4 nitrogen and oxygen atoms in total. The molecule has 2 N–H and O–H groups in total. The summed E-state index contributed by atoms with van der Waals surface area (Å²) in [6, 6.07) is 4.11. The third kappa shape index (κ3) is 2.12. The Labute approximate surface area is 104 Å². The summed E-state index contributed by atoms with van der Waals surface area (Å²) in [5.41, 5.74) is 5.90. The van der Waals surface area contributed by atoms with Crippen molar-refractivity contribution in [3.8, 4) is 0 Å². The molecule has 3 rings (SSSR count). The minimum atomic E-state index is -0.374. The van der Waals surface area contributed by atoms with Gasteiger partial charge in [0.2, 0.25) is 5.89 Å². The first kappa shape index (κ1) is 10.9. The molecule has 5 heteroatoms. The van der Waals surface area contributed by atoms with Gasteiger partial charge in [0.1, 0.15) is 0 Å². The van der Waals surface area contributed by atoms with E-state index in [4.69, 9.17) is 10.3 Å². The first-order valence-corrected chi connectivity index (χ1v) is 6.79. The lowest BCUT2D eigenvalue weighted by Crippen LogP contribution is -2.33. The Hall–Kier alpha value is -1.20. The highest BCUT2D eigenvalue weighted by atomic mass is 32.1. The normalized spacial score (nSPS) is 18.6. The van der Waals surface area contributed by atoms with Gasteiger partial charge in [-0.15, -0.1) is 11.3 Å². The summed E-state index contributed by atoms with van der Waals surface area (Å²) in [7, 11) is 0. The molecule has 0 bridgehead atoms. The molecule has 2 aromatic rings. The van der Waals surface area contributed by atoms with Crippen LogP contribution < -0.4 is 5.73 Å². The molecule has 2 aromatic heterocycles. The maximum atomic E-state index is 6.27. The van der Waals surface area contributed by atoms with Crippen molar-refractivity contribution in [3.05, 3.63) is 34.1 Å². The molecule has 17 heavy (non-hydrogen) atoms. The van der Waals surface area contributed by atoms with Crippen LogP contribution in [0.15, 0.2) is 22.0 Å². The fourth-order valence-electron chi connectivity index (χ4n) is 2.32. The third-order valence-corrected chi connectivity index (χ3v) is 4.18. The second-order valence-electron chi connectivity index (χ2n) is 4.64. The van der Waals surface area contributed by atoms with E-state index in [1.807, 2.05) is 6.07 Å². The Kier molecular flexibility index (Phi) is 2.72. The molecular weight excluding hydrogens is 234 g/mol. The van der Waals surface area contributed by atoms with E-state index in [-0.39, 0.29) is 5.54 Å². The van der Waals surface area contributed by atoms with Crippen LogP contribution in [-0.4, -0.2) is 10.1 Å². The number of nitrogens with zero attached hydrogens (tertiary/aromatic N) is 2. The van der Waals surface area contributed by atoms with Crippen molar-refractivity contribution in [2.75, 3.05) is 0 Å². The standard InChI is InChI=1S/C12H15N3OS/c13-12(5-1-2-6-12)11-14-10(15-16-11)8-9-4-3-7-17-9/h3-4,7H,1-2,5-6,8,13H2. The van der Waals surface area contributed by atoms with Crippen LogP contribution in [0.3, 0.4) is 0 Å². The zero-order chi connectivity index (χ0) is 11.7. The van der Waals surface area contributed by atoms with Crippen molar-refractivity contribution in [1.29, 1.82) is 0 Å². The summed E-state index contributed by atoms with van der Waals surface area (Å²) in [5, 5.41) is 6.07. The van der Waals surface area contributed by atoms with E-state index >= 15 is 0 Å². The Balaban J connectivity index is 1.78. The quantitative estimate of drug-likeness (QED) is 0.907. The summed E-state index contributed by atoms with van der Waals surface area (Å²) in [5.74, 6) is 1.35. The van der Waals surface area contributed by atoms with Crippen molar-refractivity contribution in [3.63, 3.8) is 0 Å². The average molecular weight is 249 g/mol. The van der Waals surface area contributed by atoms with Gasteiger partial charge in [0.15, 0.2) is 5.82 Å². The maximum Gasteiger partial charge on any atom is 0.246 e. The van der Waals surface area contributed by atoms with Gasteiger partial charge in [-0.2, -0.15) is 4.98 Å². The van der Waals surface area contributed by atoms with Gasteiger partial charge in [0, 0.05) is 11.3 Å². The number of hydrogen-bond donors (Lipinski definition) is 1. The Morgan fingerprint density at radius 3 is 2.94 bits per heavy atom. The highest BCUT2D eigenvalue weighted by molar-refractivity contribution is 7.09. The van der Waals surface area contributed by atoms with E-state index in [0.29, 0.717) is 5.89 Å². The van der Waals surface area contributed by atoms with Crippen molar-refractivity contribution in [2.45, 2.75) is 37.6 Å². The summed E-state index contributed by atoms with van der Waals surface area (Å²) in [6.45, 7) is 0. The van der Waals surface area contributed by atoms with Crippen molar-refractivity contribution in [2.24, 2.45) is 5.73 Å². The Morgan fingerprint density at radius 1 is 1.41 bits per heavy atom. The zero-order valence-corrected chi connectivity index (χ0v) is 10.4. The molecule has 0 aliphatic heterocycles. The lowest BCUT2D eigenvalue weighted by molar-refractivity contribution is 0.284. The van der Waals surface area contributed by atoms with E-state index in [2.05, 4.69) is 21.6 Å². The lowest BCUT2D eigenvalue weighted by Gasteiger charge is -2.17. The van der Waals surface area contributed by atoms with Crippen LogP contribution in [-0.2, 0) is 12.0 Å². The lowest BCUT2D eigenvalue weighted by atomic mass is 9.99. The molecular formula is C12H15N3OS. The Morgan fingerprint density at radius 2 is 2.24 bits per heavy atom. The summed E-state index contributed by atoms with van der Waals surface area (Å²) in [6.07, 6.45) is 4.94. The predicted molar refractivity (Wildman–Crippen MR) is 65.8 cm³/mol. The second-order valence-corrected chi connectivity index (χ2v) is 5.67. The molecule has 2 heterocycles. The number of rotatable bonds is 3. The summed E-state index contributed by atoms with van der Waals surface area (Å²) >= 11 is 1.71. The van der Waals surface area contributed by atoms with Crippen LogP contribution in [0, 0.1) is 0 Å². The highest BCUT2D eigenvalue weighted by Gasteiger charge is 2.36. The van der Waals surface area contributed by atoms with Crippen molar-refractivity contribution < 1.29 is 4.52 Å². The average Bonchev–Trinajstić information content (AvgIpc) is 3.00. The topological polar surface area (TPSA) is 64.9 Å². The number of nitrogens with two attached hydrogens (primary N) is 1. The van der Waals surface area contributed by atoms with Gasteiger partial charge in [-0.1, -0.05) is 24.1 Å². The van der Waals surface area contributed by atoms with Gasteiger partial charge in [-0.05, 0) is 24.3 Å². The van der Waals surface area contributed by atoms with Gasteiger partial charge >= 0.3 is 0 Å². The molecule has 1 aliphatic rings. The molecule has 0 radical (unpaired) electrons. The minimum absolute atomic E-state index is 0.374. The molecule has 1 fully saturated rings. The van der Waals surface area contributed by atoms with Crippen LogP contribution in [0.25, 0.3) is 0 Å². The minimum Gasteiger partial charge on any atom is -0.337 e. The molecule has 90 valence electrons. The van der Waals surface area contributed by atoms with Gasteiger partial charge < -0.3 is 10.3 Å². The van der Waals surface area contributed by atoms with Crippen LogP contribution in [0.2, 0.25) is 0 Å². The number of aromatic nitrogens is 2. The molecule has 0 atom stereocenters. The molecule has 1 saturated carbocycles. The summed E-state index contributed by atoms with van der Waals surface area (Å²) < 4.78 is 5.32. The molecule has 0 spiro atoms. The Bertz CT molecular complexity index is 486. The molecule has 0 amide bonds. The largest absolute Gasteiger partial charge is 0.337 e. The van der Waals surface area contributed by atoms with Gasteiger partial charge in [-0.25, -0.2) is 0 Å². The molecule has 1 aliphatic carbocycles. The predicted octanol–water partition coefficient (Wildman–Crippen LogP) is 2.45. The summed E-state index contributed by atoms with van der Waals surface area (Å²) in [4.78, 5) is 5.69. The van der Waals surface area contributed by atoms with E-state index in [1.54, 1.807) is 11.3 Å². The van der Waals surface area contributed by atoms with E-state index in [1.165, 1.54) is 4.88 Å². The number of thiophene rings is 1. The van der Waals surface area contributed by atoms with Crippen molar-refractivity contribution in [1.82, 2.24) is 10.1 Å². The van der Waals surface area contributed by atoms with Crippen LogP contribution in [0.5, 0.6) is 0 Å². The number of hydrogen-bond acceptors (Lipinski definition) is 5. The van der Waals surface area contributed by atoms with Crippen LogP contribution in [0.1, 0.15) is 42.3 Å². The van der Waals surface area contributed by atoms with E-state index in [9.17, 15) is 0 Å². The second kappa shape index (κ2) is 4.23. The molecule has 0 saturated heterocycles. The first-order chi connectivity index (χ1) is 8.26. The molecule has 0 aromatic carbocycles. The smallest absolute Gasteiger partial charge is 0.246 e. The highest BCUT2D eigenvalue weighted by Crippen LogP contribution is 2.35. The zero-order valence-electron chi connectivity index (χ0n) is 9.56. The van der Waals surface area contributed by atoms with E-state index < -0.39 is 0 Å². The van der Waals surface area contributed by atoms with Crippen LogP contribution in [0.4, 0.5) is 0 Å². The van der Waals surface area contributed by atoms with E-state index in [0.717, 1.165) is 37.9 Å². The van der Waals surface area contributed by atoms with Crippen LogP contribution >= 0.6 is 11.3 Å². The fourth-order valence-corrected chi connectivity index (χ4v) is 3.02. The maximum absolute atomic E-state index is 6.27. The first-order valence-electron chi connectivity index (χ1n) is 5.91.